The van der Waals surface area contributed by atoms with E-state index in [-0.39, 0.29) is 13.2 Å². The van der Waals surface area contributed by atoms with Crippen LogP contribution in [-0.2, 0) is 20.9 Å². The van der Waals surface area contributed by atoms with Gasteiger partial charge in [0, 0.05) is 12.6 Å². The smallest absolute Gasteiger partial charge is 0.331 e. The van der Waals surface area contributed by atoms with E-state index in [9.17, 15) is 14.4 Å². The van der Waals surface area contributed by atoms with Crippen LogP contribution in [0.5, 0.6) is 11.5 Å². The maximum absolute atomic E-state index is 11.8. The lowest BCUT2D eigenvalue weighted by Gasteiger charge is -2.08. The molecule has 2 rings (SSSR count). The molecule has 0 aromatic heterocycles. The number of hydrogen-bond acceptors (Lipinski definition) is 7. The Morgan fingerprint density at radius 3 is 2.58 bits per heavy atom. The second-order valence-corrected chi connectivity index (χ2v) is 6.01. The maximum Gasteiger partial charge on any atom is 0.331 e. The third kappa shape index (κ3) is 8.29. The van der Waals surface area contributed by atoms with Crippen molar-refractivity contribution in [1.82, 2.24) is 10.6 Å². The number of esters is 1. The van der Waals surface area contributed by atoms with Crippen molar-refractivity contribution in [1.29, 1.82) is 5.26 Å². The number of imide groups is 1. The zero-order valence-electron chi connectivity index (χ0n) is 16.8. The van der Waals surface area contributed by atoms with Gasteiger partial charge in [-0.25, -0.2) is 9.59 Å². The Kier molecular flexibility index (Phi) is 9.10. The molecule has 31 heavy (non-hydrogen) atoms. The number of carbonyl (C=O) groups is 3. The Labute approximate surface area is 179 Å². The Morgan fingerprint density at radius 1 is 1.10 bits per heavy atom. The molecular formula is C22H21N3O6. The van der Waals surface area contributed by atoms with Crippen LogP contribution in [0.1, 0.15) is 11.1 Å². The molecule has 0 fully saturated rings. The van der Waals surface area contributed by atoms with Crippen LogP contribution >= 0.6 is 0 Å². The first-order chi connectivity index (χ1) is 15.0. The summed E-state index contributed by atoms with van der Waals surface area (Å²) < 4.78 is 15.2. The van der Waals surface area contributed by atoms with Gasteiger partial charge in [-0.3, -0.25) is 10.1 Å². The Bertz CT molecular complexity index is 982. The molecule has 3 amide bonds. The van der Waals surface area contributed by atoms with Gasteiger partial charge in [-0.05, 0) is 29.3 Å². The lowest BCUT2D eigenvalue weighted by atomic mass is 10.2. The molecule has 0 unspecified atom stereocenters. The van der Waals surface area contributed by atoms with E-state index in [0.717, 1.165) is 11.6 Å². The van der Waals surface area contributed by atoms with Gasteiger partial charge in [-0.2, -0.15) is 5.26 Å². The second kappa shape index (κ2) is 12.3. The number of methoxy groups -OCH3 is 1. The Morgan fingerprint density at radius 2 is 1.87 bits per heavy atom. The molecule has 0 aliphatic carbocycles. The van der Waals surface area contributed by atoms with Crippen LogP contribution < -0.4 is 20.1 Å². The molecule has 0 atom stereocenters. The van der Waals surface area contributed by atoms with Crippen LogP contribution in [0, 0.1) is 11.3 Å². The zero-order valence-corrected chi connectivity index (χ0v) is 16.8. The van der Waals surface area contributed by atoms with Crippen molar-refractivity contribution in [2.75, 3.05) is 20.3 Å². The van der Waals surface area contributed by atoms with Crippen molar-refractivity contribution in [2.45, 2.75) is 6.54 Å². The summed E-state index contributed by atoms with van der Waals surface area (Å²) in [5.41, 5.74) is 1.49. The summed E-state index contributed by atoms with van der Waals surface area (Å²) in [5, 5.41) is 13.2. The van der Waals surface area contributed by atoms with E-state index < -0.39 is 24.5 Å². The first-order valence-electron chi connectivity index (χ1n) is 9.16. The minimum atomic E-state index is -0.761. The average Bonchev–Trinajstić information content (AvgIpc) is 2.79. The number of rotatable bonds is 9. The van der Waals surface area contributed by atoms with Crippen molar-refractivity contribution in [2.24, 2.45) is 0 Å². The third-order valence-electron chi connectivity index (χ3n) is 3.79. The third-order valence-corrected chi connectivity index (χ3v) is 3.79. The summed E-state index contributed by atoms with van der Waals surface area (Å²) in [6.07, 6.45) is 2.59. The van der Waals surface area contributed by atoms with E-state index in [4.69, 9.17) is 19.5 Å². The van der Waals surface area contributed by atoms with E-state index in [0.29, 0.717) is 17.1 Å². The number of hydrogen-bond donors (Lipinski definition) is 2. The molecule has 2 aromatic carbocycles. The first-order valence-corrected chi connectivity index (χ1v) is 9.16. The topological polar surface area (TPSA) is 127 Å². The number of amides is 3. The minimum Gasteiger partial charge on any atom is -0.493 e. The normalized spacial score (nSPS) is 10.1. The molecule has 9 heteroatoms. The van der Waals surface area contributed by atoms with Crippen molar-refractivity contribution >= 4 is 24.0 Å². The molecule has 2 N–H and O–H groups in total. The van der Waals surface area contributed by atoms with Crippen molar-refractivity contribution in [3.05, 3.63) is 65.7 Å². The molecule has 0 saturated carbocycles. The van der Waals surface area contributed by atoms with Gasteiger partial charge in [-0.15, -0.1) is 0 Å². The average molecular weight is 423 g/mol. The molecular weight excluding hydrogens is 402 g/mol. The van der Waals surface area contributed by atoms with Crippen LogP contribution in [0.2, 0.25) is 0 Å². The quantitative estimate of drug-likeness (QED) is 0.467. The molecule has 0 bridgehead atoms. The predicted molar refractivity (Wildman–Crippen MR) is 111 cm³/mol. The fraction of sp³-hybridized carbons (Fsp3) is 0.182. The molecule has 0 aliphatic rings. The second-order valence-electron chi connectivity index (χ2n) is 6.01. The highest BCUT2D eigenvalue weighted by molar-refractivity contribution is 5.96. The maximum atomic E-state index is 11.8. The van der Waals surface area contributed by atoms with E-state index in [2.05, 4.69) is 10.6 Å². The lowest BCUT2D eigenvalue weighted by molar-refractivity contribution is -0.143. The Balaban J connectivity index is 1.76. The fourth-order valence-corrected chi connectivity index (χ4v) is 2.35. The van der Waals surface area contributed by atoms with Crippen LogP contribution in [0.4, 0.5) is 4.79 Å². The lowest BCUT2D eigenvalue weighted by Crippen LogP contribution is -2.41. The van der Waals surface area contributed by atoms with E-state index in [1.807, 2.05) is 36.4 Å². The number of carbonyl (C=O) groups excluding carboxylic acids is 3. The van der Waals surface area contributed by atoms with Gasteiger partial charge < -0.3 is 19.5 Å². The van der Waals surface area contributed by atoms with Gasteiger partial charge in [0.1, 0.15) is 6.07 Å². The summed E-state index contributed by atoms with van der Waals surface area (Å²) in [6, 6.07) is 15.2. The highest BCUT2D eigenvalue weighted by Gasteiger charge is 2.10. The monoisotopic (exact) mass is 423 g/mol. The van der Waals surface area contributed by atoms with Gasteiger partial charge in [0.05, 0.1) is 7.11 Å². The van der Waals surface area contributed by atoms with E-state index in [1.165, 1.54) is 13.2 Å². The highest BCUT2D eigenvalue weighted by Crippen LogP contribution is 2.28. The molecule has 0 saturated heterocycles. The van der Waals surface area contributed by atoms with Gasteiger partial charge in [0.2, 0.25) is 0 Å². The molecule has 9 nitrogen and oxygen atoms in total. The largest absolute Gasteiger partial charge is 0.493 e. The minimum absolute atomic E-state index is 0.121. The summed E-state index contributed by atoms with van der Waals surface area (Å²) in [7, 11) is 1.45. The van der Waals surface area contributed by atoms with Crippen LogP contribution in [0.25, 0.3) is 6.08 Å². The van der Waals surface area contributed by atoms with Crippen LogP contribution in [0.15, 0.2) is 54.6 Å². The SMILES string of the molecule is COc1cc(/C=C/C(=O)OCC(=O)NC(=O)NCc2ccccc2)ccc1OCC#N. The van der Waals surface area contributed by atoms with E-state index in [1.54, 1.807) is 18.2 Å². The number of nitriles is 1. The first kappa shape index (κ1) is 23.0. The summed E-state index contributed by atoms with van der Waals surface area (Å²) >= 11 is 0. The number of nitrogens with zero attached hydrogens (tertiary/aromatic N) is 1. The molecule has 0 radical (unpaired) electrons. The summed E-state index contributed by atoms with van der Waals surface area (Å²) in [6.45, 7) is -0.470. The van der Waals surface area contributed by atoms with Gasteiger partial charge in [-0.1, -0.05) is 36.4 Å². The molecule has 0 spiro atoms. The van der Waals surface area contributed by atoms with Crippen LogP contribution in [0.3, 0.4) is 0 Å². The van der Waals surface area contributed by atoms with E-state index >= 15 is 0 Å². The number of ether oxygens (including phenoxy) is 3. The van der Waals surface area contributed by atoms with Crippen molar-refractivity contribution in [3.8, 4) is 17.6 Å². The molecule has 2 aromatic rings. The van der Waals surface area contributed by atoms with Crippen LogP contribution in [-0.4, -0.2) is 38.2 Å². The zero-order chi connectivity index (χ0) is 22.5. The van der Waals surface area contributed by atoms with Gasteiger partial charge in [0.25, 0.3) is 5.91 Å². The molecule has 160 valence electrons. The highest BCUT2D eigenvalue weighted by atomic mass is 16.5. The predicted octanol–water partition coefficient (Wildman–Crippen LogP) is 2.18. The molecule has 0 heterocycles. The standard InChI is InChI=1S/C22H21N3O6/c1-29-19-13-16(7-9-18(19)30-12-11-23)8-10-21(27)31-15-20(26)25-22(28)24-14-17-5-3-2-4-6-17/h2-10,13H,12,14-15H2,1H3,(H2,24,25,26,28)/b10-8+. The van der Waals surface area contributed by atoms with Crippen molar-refractivity contribution < 1.29 is 28.6 Å². The summed E-state index contributed by atoms with van der Waals surface area (Å²) in [4.78, 5) is 35.2. The number of nitrogens with one attached hydrogen (secondary N) is 2. The van der Waals surface area contributed by atoms with Gasteiger partial charge in [0.15, 0.2) is 24.7 Å². The van der Waals surface area contributed by atoms with Gasteiger partial charge >= 0.3 is 12.0 Å². The number of benzene rings is 2. The summed E-state index contributed by atoms with van der Waals surface area (Å²) in [5.74, 6) is -0.728. The Hall–Kier alpha value is -4.32. The fourth-order valence-electron chi connectivity index (χ4n) is 2.35. The number of urea groups is 1. The van der Waals surface area contributed by atoms with Crippen molar-refractivity contribution in [3.63, 3.8) is 0 Å². The molecule has 0 aliphatic heterocycles.